The van der Waals surface area contributed by atoms with E-state index in [1.165, 1.54) is 9.30 Å². The number of pyridine rings is 1. The standard InChI is InChI=1S/C19H23N5O3/c1-13-4-3-6-24-16(13)21-17-14(19(24)26)12-15(22(17)2)18(25)20-5-7-23-8-10-27-11-9-23/h3-4,6,12H,5,7-11H2,1-2H3,(H,20,25)/p+1. The molecule has 8 nitrogen and oxygen atoms in total. The third kappa shape index (κ3) is 3.22. The summed E-state index contributed by atoms with van der Waals surface area (Å²) in [6, 6.07) is 5.37. The lowest BCUT2D eigenvalue weighted by atomic mass is 10.3. The van der Waals surface area contributed by atoms with Crippen LogP contribution in [0.1, 0.15) is 16.1 Å². The summed E-state index contributed by atoms with van der Waals surface area (Å²) in [5.74, 6) is -0.187. The van der Waals surface area contributed by atoms with E-state index in [4.69, 9.17) is 4.74 Å². The zero-order valence-electron chi connectivity index (χ0n) is 15.6. The topological polar surface area (TPSA) is 82.1 Å². The van der Waals surface area contributed by atoms with Crippen molar-refractivity contribution in [3.05, 3.63) is 46.0 Å². The van der Waals surface area contributed by atoms with Crippen molar-refractivity contribution in [2.24, 2.45) is 7.05 Å². The Morgan fingerprint density at radius 3 is 2.89 bits per heavy atom. The van der Waals surface area contributed by atoms with Crippen LogP contribution in [0.4, 0.5) is 0 Å². The first kappa shape index (κ1) is 17.7. The number of quaternary nitrogens is 1. The van der Waals surface area contributed by atoms with E-state index in [1.54, 1.807) is 23.9 Å². The third-order valence-corrected chi connectivity index (χ3v) is 5.22. The van der Waals surface area contributed by atoms with Gasteiger partial charge in [0, 0.05) is 13.2 Å². The van der Waals surface area contributed by atoms with E-state index in [0.717, 1.165) is 38.4 Å². The van der Waals surface area contributed by atoms with Crippen LogP contribution in [0.5, 0.6) is 0 Å². The van der Waals surface area contributed by atoms with Crippen molar-refractivity contribution in [2.75, 3.05) is 39.4 Å². The van der Waals surface area contributed by atoms with Crippen molar-refractivity contribution in [1.29, 1.82) is 0 Å². The first-order chi connectivity index (χ1) is 13.1. The van der Waals surface area contributed by atoms with Gasteiger partial charge in [0.2, 0.25) is 0 Å². The first-order valence-corrected chi connectivity index (χ1v) is 9.23. The summed E-state index contributed by atoms with van der Waals surface area (Å²) >= 11 is 0. The number of fused-ring (bicyclic) bond motifs is 2. The van der Waals surface area contributed by atoms with E-state index in [9.17, 15) is 9.59 Å². The highest BCUT2D eigenvalue weighted by Gasteiger charge is 2.19. The van der Waals surface area contributed by atoms with Crippen LogP contribution in [-0.4, -0.2) is 59.3 Å². The second kappa shape index (κ2) is 7.13. The molecule has 2 N–H and O–H groups in total. The highest BCUT2D eigenvalue weighted by Crippen LogP contribution is 2.16. The number of aryl methyl sites for hydroxylation is 2. The molecule has 142 valence electrons. The van der Waals surface area contributed by atoms with E-state index in [2.05, 4.69) is 10.3 Å². The van der Waals surface area contributed by atoms with Crippen LogP contribution in [0.2, 0.25) is 0 Å². The molecule has 0 unspecified atom stereocenters. The van der Waals surface area contributed by atoms with Crippen LogP contribution in [0.3, 0.4) is 0 Å². The Bertz CT molecular complexity index is 1060. The third-order valence-electron chi connectivity index (χ3n) is 5.22. The van der Waals surface area contributed by atoms with Crippen LogP contribution in [-0.2, 0) is 11.8 Å². The van der Waals surface area contributed by atoms with Crippen LogP contribution in [0, 0.1) is 6.92 Å². The molecule has 3 aromatic heterocycles. The van der Waals surface area contributed by atoms with Crippen molar-refractivity contribution in [3.8, 4) is 0 Å². The first-order valence-electron chi connectivity index (χ1n) is 9.23. The number of carbonyl (C=O) groups excluding carboxylic acids is 1. The molecule has 0 bridgehead atoms. The van der Waals surface area contributed by atoms with Crippen molar-refractivity contribution >= 4 is 22.6 Å². The molecule has 1 aliphatic heterocycles. The van der Waals surface area contributed by atoms with Gasteiger partial charge in [-0.1, -0.05) is 6.07 Å². The minimum Gasteiger partial charge on any atom is -0.370 e. The van der Waals surface area contributed by atoms with Crippen molar-refractivity contribution < 1.29 is 14.4 Å². The van der Waals surface area contributed by atoms with Gasteiger partial charge >= 0.3 is 0 Å². The van der Waals surface area contributed by atoms with Crippen LogP contribution in [0.25, 0.3) is 16.7 Å². The average molecular weight is 370 g/mol. The number of hydrogen-bond acceptors (Lipinski definition) is 4. The Morgan fingerprint density at radius 1 is 1.33 bits per heavy atom. The summed E-state index contributed by atoms with van der Waals surface area (Å²) in [6.45, 7) is 6.85. The molecule has 0 saturated carbocycles. The van der Waals surface area contributed by atoms with E-state index < -0.39 is 0 Å². The summed E-state index contributed by atoms with van der Waals surface area (Å²) in [5.41, 5.74) is 2.33. The Morgan fingerprint density at radius 2 is 2.11 bits per heavy atom. The van der Waals surface area contributed by atoms with Gasteiger partial charge in [0.15, 0.2) is 0 Å². The molecule has 0 atom stereocenters. The number of nitrogens with zero attached hydrogens (tertiary/aromatic N) is 3. The second-order valence-electron chi connectivity index (χ2n) is 7.00. The number of hydrogen-bond donors (Lipinski definition) is 2. The maximum absolute atomic E-state index is 12.8. The summed E-state index contributed by atoms with van der Waals surface area (Å²) in [7, 11) is 1.77. The van der Waals surface area contributed by atoms with Gasteiger partial charge in [-0.05, 0) is 24.6 Å². The van der Waals surface area contributed by atoms with Crippen LogP contribution < -0.4 is 15.8 Å². The van der Waals surface area contributed by atoms with Crippen molar-refractivity contribution in [2.45, 2.75) is 6.92 Å². The Hall–Kier alpha value is -2.71. The smallest absolute Gasteiger partial charge is 0.268 e. The molecule has 1 amide bonds. The molecule has 4 rings (SSSR count). The van der Waals surface area contributed by atoms with Gasteiger partial charge < -0.3 is 19.5 Å². The van der Waals surface area contributed by atoms with Crippen LogP contribution >= 0.6 is 0 Å². The number of morpholine rings is 1. The predicted octanol–water partition coefficient (Wildman–Crippen LogP) is -0.860. The summed E-state index contributed by atoms with van der Waals surface area (Å²) in [6.07, 6.45) is 1.70. The zero-order chi connectivity index (χ0) is 19.0. The molecular weight excluding hydrogens is 346 g/mol. The van der Waals surface area contributed by atoms with E-state index in [-0.39, 0.29) is 11.5 Å². The normalized spacial score (nSPS) is 15.5. The maximum Gasteiger partial charge on any atom is 0.268 e. The molecule has 0 spiro atoms. The van der Waals surface area contributed by atoms with Crippen LogP contribution in [0.15, 0.2) is 29.2 Å². The lowest BCUT2D eigenvalue weighted by Gasteiger charge is -2.23. The SMILES string of the molecule is Cc1cccn2c(=O)c3cc(C(=O)NCC[NH+]4CCOCC4)n(C)c3nc12. The number of amides is 1. The second-order valence-corrected chi connectivity index (χ2v) is 7.00. The molecule has 27 heavy (non-hydrogen) atoms. The minimum absolute atomic E-state index is 0.161. The summed E-state index contributed by atoms with van der Waals surface area (Å²) in [4.78, 5) is 31.5. The minimum atomic E-state index is -0.187. The Labute approximate surface area is 156 Å². The fraction of sp³-hybridized carbons (Fsp3) is 0.421. The highest BCUT2D eigenvalue weighted by molar-refractivity contribution is 5.98. The molecule has 0 aliphatic carbocycles. The molecule has 8 heteroatoms. The molecule has 0 radical (unpaired) electrons. The zero-order valence-corrected chi connectivity index (χ0v) is 15.6. The van der Waals surface area contributed by atoms with Gasteiger partial charge in [-0.15, -0.1) is 0 Å². The lowest BCUT2D eigenvalue weighted by Crippen LogP contribution is -3.14. The summed E-state index contributed by atoms with van der Waals surface area (Å²) in [5, 5.41) is 3.41. The average Bonchev–Trinajstić information content (AvgIpc) is 3.01. The lowest BCUT2D eigenvalue weighted by molar-refractivity contribution is -0.906. The molecular formula is C19H24N5O3+. The van der Waals surface area contributed by atoms with E-state index in [1.807, 2.05) is 19.1 Å². The Balaban J connectivity index is 1.60. The van der Waals surface area contributed by atoms with E-state index in [0.29, 0.717) is 28.9 Å². The fourth-order valence-electron chi connectivity index (χ4n) is 3.60. The van der Waals surface area contributed by atoms with Gasteiger partial charge in [-0.3, -0.25) is 14.0 Å². The number of rotatable bonds is 4. The molecule has 0 aromatic carbocycles. The number of carbonyl (C=O) groups is 1. The van der Waals surface area contributed by atoms with Gasteiger partial charge in [0.1, 0.15) is 30.1 Å². The Kier molecular flexibility index (Phi) is 4.67. The molecule has 1 fully saturated rings. The fourth-order valence-corrected chi connectivity index (χ4v) is 3.60. The molecule has 3 aromatic rings. The van der Waals surface area contributed by atoms with Crippen molar-refractivity contribution in [3.63, 3.8) is 0 Å². The van der Waals surface area contributed by atoms with Gasteiger partial charge in [-0.25, -0.2) is 4.98 Å². The molecule has 1 aliphatic rings. The monoisotopic (exact) mass is 370 g/mol. The number of nitrogens with one attached hydrogen (secondary N) is 2. The van der Waals surface area contributed by atoms with Gasteiger partial charge in [0.05, 0.1) is 31.7 Å². The largest absolute Gasteiger partial charge is 0.370 e. The molecule has 4 heterocycles. The number of aromatic nitrogens is 3. The molecule has 1 saturated heterocycles. The predicted molar refractivity (Wildman–Crippen MR) is 101 cm³/mol. The maximum atomic E-state index is 12.8. The quantitative estimate of drug-likeness (QED) is 0.626. The highest BCUT2D eigenvalue weighted by atomic mass is 16.5. The van der Waals surface area contributed by atoms with Crippen molar-refractivity contribution in [1.82, 2.24) is 19.3 Å². The number of ether oxygens (including phenoxy) is 1. The summed E-state index contributed by atoms with van der Waals surface area (Å²) < 4.78 is 8.57. The van der Waals surface area contributed by atoms with Gasteiger partial charge in [-0.2, -0.15) is 0 Å². The van der Waals surface area contributed by atoms with Gasteiger partial charge in [0.25, 0.3) is 11.5 Å². The van der Waals surface area contributed by atoms with E-state index >= 15 is 0 Å².